The highest BCUT2D eigenvalue weighted by Crippen LogP contribution is 2.31. The molecule has 2 amide bonds. The predicted molar refractivity (Wildman–Crippen MR) is 86.2 cm³/mol. The lowest BCUT2D eigenvalue weighted by molar-refractivity contribution is -0.127. The number of rotatable bonds is 5. The molecular weight excluding hydrogens is 351 g/mol. The number of nitrogens with two attached hydrogens (primary N) is 1. The van der Waals surface area contributed by atoms with Gasteiger partial charge in [-0.2, -0.15) is 0 Å². The number of hydrogen-bond donors (Lipinski definition) is 2. The Kier molecular flexibility index (Phi) is 6.73. The second-order valence-corrected chi connectivity index (χ2v) is 5.54. The number of para-hydroxylation sites is 1. The van der Waals surface area contributed by atoms with Crippen LogP contribution in [0.2, 0.25) is 5.02 Å². The van der Waals surface area contributed by atoms with E-state index in [1.807, 2.05) is 0 Å². The third-order valence-corrected chi connectivity index (χ3v) is 3.78. The third-order valence-electron chi connectivity index (χ3n) is 3.46. The van der Waals surface area contributed by atoms with Gasteiger partial charge in [-0.05, 0) is 12.1 Å². The number of alkyl halides is 2. The molecule has 3 N–H and O–H groups in total. The zero-order valence-corrected chi connectivity index (χ0v) is 13.7. The number of carbonyl (C=O) groups excluding carboxylic acids is 2. The molecule has 2 rings (SSSR count). The summed E-state index contributed by atoms with van der Waals surface area (Å²) in [6, 6.07) is 6.76. The number of hydrogen-bond acceptors (Lipinski definition) is 3. The third kappa shape index (κ3) is 4.76. The Bertz CT molecular complexity index is 587. The van der Waals surface area contributed by atoms with Crippen molar-refractivity contribution in [3.05, 3.63) is 29.3 Å². The van der Waals surface area contributed by atoms with E-state index < -0.39 is 30.8 Å². The zero-order valence-electron chi connectivity index (χ0n) is 12.1. The van der Waals surface area contributed by atoms with E-state index in [0.717, 1.165) is 0 Å². The first-order valence-corrected chi connectivity index (χ1v) is 7.12. The summed E-state index contributed by atoms with van der Waals surface area (Å²) in [6.45, 7) is -1.57. The van der Waals surface area contributed by atoms with Gasteiger partial charge in [-0.25, -0.2) is 8.78 Å². The maximum atomic E-state index is 13.0. The van der Waals surface area contributed by atoms with Crippen LogP contribution in [0.15, 0.2) is 24.3 Å². The largest absolute Gasteiger partial charge is 0.350 e. The molecule has 0 saturated carbocycles. The molecule has 0 aliphatic carbocycles. The van der Waals surface area contributed by atoms with Gasteiger partial charge >= 0.3 is 0 Å². The van der Waals surface area contributed by atoms with Gasteiger partial charge in [0.15, 0.2) is 0 Å². The minimum absolute atomic E-state index is 0. The van der Waals surface area contributed by atoms with E-state index in [-0.39, 0.29) is 31.3 Å². The molecule has 1 heterocycles. The second-order valence-electron chi connectivity index (χ2n) is 5.13. The number of nitrogens with one attached hydrogen (secondary N) is 1. The average molecular weight is 368 g/mol. The molecule has 0 radical (unpaired) electrons. The van der Waals surface area contributed by atoms with Gasteiger partial charge in [0.05, 0.1) is 29.7 Å². The molecule has 0 spiro atoms. The Morgan fingerprint density at radius 1 is 1.43 bits per heavy atom. The van der Waals surface area contributed by atoms with Crippen molar-refractivity contribution in [2.45, 2.75) is 12.3 Å². The van der Waals surface area contributed by atoms with Crippen molar-refractivity contribution in [1.29, 1.82) is 0 Å². The van der Waals surface area contributed by atoms with E-state index in [4.69, 9.17) is 17.3 Å². The Balaban J connectivity index is 0.00000264. The normalized spacial score (nSPS) is 17.8. The molecule has 128 valence electrons. The van der Waals surface area contributed by atoms with Crippen molar-refractivity contribution in [2.24, 2.45) is 11.7 Å². The monoisotopic (exact) mass is 367 g/mol. The van der Waals surface area contributed by atoms with Gasteiger partial charge in [-0.1, -0.05) is 23.7 Å². The highest BCUT2D eigenvalue weighted by atomic mass is 35.5. The molecule has 23 heavy (non-hydrogen) atoms. The summed E-state index contributed by atoms with van der Waals surface area (Å²) in [5.74, 6) is -4.69. The fraction of sp³-hybridized carbons (Fsp3) is 0.429. The first-order chi connectivity index (χ1) is 10.3. The minimum Gasteiger partial charge on any atom is -0.350 e. The molecule has 1 aliphatic rings. The Hall–Kier alpha value is -1.44. The molecule has 1 unspecified atom stereocenters. The number of anilines is 1. The molecule has 9 heteroatoms. The molecule has 1 aliphatic heterocycles. The standard InChI is InChI=1S/C14H16ClF2N3O2.ClH/c15-10-3-1-2-4-11(10)20-6-9(5-12(20)21)13(22)19-8-14(16,17)7-18;/h1-4,9H,5-8,18H2,(H,19,22);1H. The van der Waals surface area contributed by atoms with E-state index in [0.29, 0.717) is 10.7 Å². The van der Waals surface area contributed by atoms with Crippen LogP contribution in [-0.2, 0) is 9.59 Å². The number of amides is 2. The molecule has 0 bridgehead atoms. The van der Waals surface area contributed by atoms with E-state index in [1.165, 1.54) is 4.90 Å². The van der Waals surface area contributed by atoms with Crippen LogP contribution in [0.3, 0.4) is 0 Å². The van der Waals surface area contributed by atoms with Crippen molar-refractivity contribution < 1.29 is 18.4 Å². The van der Waals surface area contributed by atoms with Gasteiger partial charge < -0.3 is 16.0 Å². The van der Waals surface area contributed by atoms with Crippen molar-refractivity contribution in [2.75, 3.05) is 24.5 Å². The van der Waals surface area contributed by atoms with Crippen molar-refractivity contribution >= 4 is 41.5 Å². The van der Waals surface area contributed by atoms with Gasteiger partial charge in [0, 0.05) is 13.0 Å². The molecule has 1 fully saturated rings. The Labute approximate surface area is 143 Å². The molecule has 1 saturated heterocycles. The fourth-order valence-corrected chi connectivity index (χ4v) is 2.46. The topological polar surface area (TPSA) is 75.4 Å². The summed E-state index contributed by atoms with van der Waals surface area (Å²) in [4.78, 5) is 25.3. The van der Waals surface area contributed by atoms with Crippen LogP contribution in [0.25, 0.3) is 0 Å². The van der Waals surface area contributed by atoms with E-state index in [9.17, 15) is 18.4 Å². The van der Waals surface area contributed by atoms with Crippen molar-refractivity contribution in [3.8, 4) is 0 Å². The van der Waals surface area contributed by atoms with Crippen LogP contribution in [-0.4, -0.2) is 37.4 Å². The Morgan fingerprint density at radius 2 is 2.09 bits per heavy atom. The van der Waals surface area contributed by atoms with E-state index >= 15 is 0 Å². The lowest BCUT2D eigenvalue weighted by Crippen LogP contribution is -2.44. The van der Waals surface area contributed by atoms with Crippen LogP contribution in [0.4, 0.5) is 14.5 Å². The summed E-state index contributed by atoms with van der Waals surface area (Å²) in [6.07, 6.45) is -0.0365. The summed E-state index contributed by atoms with van der Waals surface area (Å²) >= 11 is 6.03. The lowest BCUT2D eigenvalue weighted by atomic mass is 10.1. The minimum atomic E-state index is -3.15. The quantitative estimate of drug-likeness (QED) is 0.833. The number of halogens is 4. The predicted octanol–water partition coefficient (Wildman–Crippen LogP) is 1.82. The molecule has 5 nitrogen and oxygen atoms in total. The lowest BCUT2D eigenvalue weighted by Gasteiger charge is -2.19. The Morgan fingerprint density at radius 3 is 2.70 bits per heavy atom. The van der Waals surface area contributed by atoms with Crippen LogP contribution >= 0.6 is 24.0 Å². The SMILES string of the molecule is Cl.NCC(F)(F)CNC(=O)C1CC(=O)N(c2ccccc2Cl)C1. The van der Waals surface area contributed by atoms with E-state index in [2.05, 4.69) is 5.32 Å². The summed E-state index contributed by atoms with van der Waals surface area (Å²) in [5, 5.41) is 2.54. The van der Waals surface area contributed by atoms with Gasteiger partial charge in [0.1, 0.15) is 0 Å². The van der Waals surface area contributed by atoms with Crippen LogP contribution in [0.1, 0.15) is 6.42 Å². The van der Waals surface area contributed by atoms with E-state index in [1.54, 1.807) is 24.3 Å². The maximum absolute atomic E-state index is 13.0. The first kappa shape index (κ1) is 19.6. The number of carbonyl (C=O) groups is 2. The average Bonchev–Trinajstić information content (AvgIpc) is 2.87. The smallest absolute Gasteiger partial charge is 0.277 e. The first-order valence-electron chi connectivity index (χ1n) is 6.74. The highest BCUT2D eigenvalue weighted by Gasteiger charge is 2.37. The summed E-state index contributed by atoms with van der Waals surface area (Å²) in [5.41, 5.74) is 5.42. The zero-order chi connectivity index (χ0) is 16.3. The highest BCUT2D eigenvalue weighted by molar-refractivity contribution is 6.33. The van der Waals surface area contributed by atoms with Gasteiger partial charge in [-0.15, -0.1) is 12.4 Å². The molecule has 0 aromatic heterocycles. The van der Waals surface area contributed by atoms with Gasteiger partial charge in [0.2, 0.25) is 11.8 Å². The van der Waals surface area contributed by atoms with Crippen LogP contribution in [0, 0.1) is 5.92 Å². The summed E-state index contributed by atoms with van der Waals surface area (Å²) < 4.78 is 26.1. The van der Waals surface area contributed by atoms with Crippen molar-refractivity contribution in [1.82, 2.24) is 5.32 Å². The molecular formula is C14H17Cl2F2N3O2. The fourth-order valence-electron chi connectivity index (χ4n) is 2.22. The number of benzene rings is 1. The van der Waals surface area contributed by atoms with Gasteiger partial charge in [0.25, 0.3) is 5.92 Å². The van der Waals surface area contributed by atoms with Crippen molar-refractivity contribution in [3.63, 3.8) is 0 Å². The second kappa shape index (κ2) is 7.90. The van der Waals surface area contributed by atoms with Crippen LogP contribution < -0.4 is 16.0 Å². The van der Waals surface area contributed by atoms with Gasteiger partial charge in [-0.3, -0.25) is 9.59 Å². The summed E-state index contributed by atoms with van der Waals surface area (Å²) in [7, 11) is 0. The molecule has 1 atom stereocenters. The molecule has 1 aromatic carbocycles. The maximum Gasteiger partial charge on any atom is 0.277 e. The number of nitrogens with zero attached hydrogens (tertiary/aromatic N) is 1. The van der Waals surface area contributed by atoms with Crippen LogP contribution in [0.5, 0.6) is 0 Å². The molecule has 1 aromatic rings.